The first-order chi connectivity index (χ1) is 11.3. The van der Waals surface area contributed by atoms with Gasteiger partial charge in [0.1, 0.15) is 6.33 Å². The molecule has 5 heteroatoms. The Balaban J connectivity index is 1.75. The SMILES string of the molecule is O=C1c2ccc(-n3cnc4ccccc43)cc2CCN1CCO. The van der Waals surface area contributed by atoms with Crippen LogP contribution >= 0.6 is 0 Å². The Hall–Kier alpha value is -2.66. The van der Waals surface area contributed by atoms with Gasteiger partial charge in [0.05, 0.1) is 17.6 Å². The third-order valence-corrected chi connectivity index (χ3v) is 4.36. The van der Waals surface area contributed by atoms with E-state index in [1.54, 1.807) is 4.90 Å². The molecule has 1 N–H and O–H groups in total. The summed E-state index contributed by atoms with van der Waals surface area (Å²) in [5.41, 5.74) is 4.81. The molecule has 1 aliphatic heterocycles. The number of para-hydroxylation sites is 2. The number of carbonyl (C=O) groups is 1. The fourth-order valence-corrected chi connectivity index (χ4v) is 3.17. The highest BCUT2D eigenvalue weighted by molar-refractivity contribution is 5.97. The van der Waals surface area contributed by atoms with Gasteiger partial charge in [0.15, 0.2) is 0 Å². The molecule has 2 aromatic carbocycles. The van der Waals surface area contributed by atoms with Crippen LogP contribution in [0.5, 0.6) is 0 Å². The summed E-state index contributed by atoms with van der Waals surface area (Å²) >= 11 is 0. The second kappa shape index (κ2) is 5.52. The van der Waals surface area contributed by atoms with E-state index in [-0.39, 0.29) is 12.5 Å². The number of imidazole rings is 1. The number of benzene rings is 2. The molecule has 0 aliphatic carbocycles. The molecule has 0 fully saturated rings. The largest absolute Gasteiger partial charge is 0.395 e. The minimum atomic E-state index is 0.000181. The van der Waals surface area contributed by atoms with Gasteiger partial charge in [0.2, 0.25) is 0 Å². The van der Waals surface area contributed by atoms with E-state index >= 15 is 0 Å². The van der Waals surface area contributed by atoms with Crippen molar-refractivity contribution in [3.05, 3.63) is 59.9 Å². The minimum Gasteiger partial charge on any atom is -0.395 e. The van der Waals surface area contributed by atoms with Crippen molar-refractivity contribution in [3.8, 4) is 5.69 Å². The van der Waals surface area contributed by atoms with Crippen LogP contribution in [0.25, 0.3) is 16.7 Å². The van der Waals surface area contributed by atoms with Gasteiger partial charge in [-0.15, -0.1) is 0 Å². The van der Waals surface area contributed by atoms with Gasteiger partial charge in [-0.1, -0.05) is 12.1 Å². The molecule has 0 atom stereocenters. The summed E-state index contributed by atoms with van der Waals surface area (Å²) in [6, 6.07) is 13.9. The molecule has 0 saturated heterocycles. The van der Waals surface area contributed by atoms with E-state index in [0.29, 0.717) is 13.1 Å². The topological polar surface area (TPSA) is 58.4 Å². The van der Waals surface area contributed by atoms with Crippen LogP contribution in [0.1, 0.15) is 15.9 Å². The number of aromatic nitrogens is 2. The molecular formula is C18H17N3O2. The molecule has 1 aliphatic rings. The third kappa shape index (κ3) is 2.29. The van der Waals surface area contributed by atoms with Gasteiger partial charge in [-0.05, 0) is 42.3 Å². The molecule has 0 unspecified atom stereocenters. The Kier molecular flexibility index (Phi) is 3.35. The number of fused-ring (bicyclic) bond motifs is 2. The molecule has 5 nitrogen and oxygen atoms in total. The summed E-state index contributed by atoms with van der Waals surface area (Å²) in [4.78, 5) is 18.5. The lowest BCUT2D eigenvalue weighted by Gasteiger charge is -2.28. The Morgan fingerprint density at radius 3 is 2.91 bits per heavy atom. The van der Waals surface area contributed by atoms with E-state index in [1.165, 1.54) is 0 Å². The summed E-state index contributed by atoms with van der Waals surface area (Å²) in [6.45, 7) is 1.05. The minimum absolute atomic E-state index is 0.000181. The van der Waals surface area contributed by atoms with Crippen molar-refractivity contribution in [2.75, 3.05) is 19.7 Å². The van der Waals surface area contributed by atoms with Crippen LogP contribution in [0.15, 0.2) is 48.8 Å². The Bertz CT molecular complexity index is 885. The van der Waals surface area contributed by atoms with E-state index < -0.39 is 0 Å². The summed E-state index contributed by atoms with van der Waals surface area (Å²) in [5, 5.41) is 9.05. The highest BCUT2D eigenvalue weighted by atomic mass is 16.3. The maximum absolute atomic E-state index is 12.4. The average Bonchev–Trinajstić information content (AvgIpc) is 3.01. The average molecular weight is 307 g/mol. The maximum Gasteiger partial charge on any atom is 0.254 e. The third-order valence-electron chi connectivity index (χ3n) is 4.36. The van der Waals surface area contributed by atoms with Gasteiger partial charge in [-0.25, -0.2) is 4.98 Å². The highest BCUT2D eigenvalue weighted by Gasteiger charge is 2.24. The molecule has 1 amide bonds. The van der Waals surface area contributed by atoms with Gasteiger partial charge in [-0.3, -0.25) is 9.36 Å². The molecule has 23 heavy (non-hydrogen) atoms. The first kappa shape index (κ1) is 14.0. The van der Waals surface area contributed by atoms with E-state index in [9.17, 15) is 4.79 Å². The van der Waals surface area contributed by atoms with Crippen LogP contribution in [0.3, 0.4) is 0 Å². The Labute approximate surface area is 133 Å². The van der Waals surface area contributed by atoms with E-state index in [1.807, 2.05) is 47.3 Å². The van der Waals surface area contributed by atoms with E-state index in [2.05, 4.69) is 11.1 Å². The number of rotatable bonds is 3. The highest BCUT2D eigenvalue weighted by Crippen LogP contribution is 2.24. The molecule has 0 saturated carbocycles. The molecule has 116 valence electrons. The number of nitrogens with zero attached hydrogens (tertiary/aromatic N) is 3. The first-order valence-electron chi connectivity index (χ1n) is 7.73. The molecule has 0 radical (unpaired) electrons. The smallest absolute Gasteiger partial charge is 0.254 e. The second-order valence-corrected chi connectivity index (χ2v) is 5.71. The molecule has 4 rings (SSSR count). The summed E-state index contributed by atoms with van der Waals surface area (Å²) in [5.74, 6) is 0.00217. The number of β-amino-alcohol motifs (C(OH)–C–C–N with tert-alkyl or cyclic N) is 1. The lowest BCUT2D eigenvalue weighted by atomic mass is 9.98. The van der Waals surface area contributed by atoms with Gasteiger partial charge in [0.25, 0.3) is 5.91 Å². The van der Waals surface area contributed by atoms with Gasteiger partial charge >= 0.3 is 0 Å². The van der Waals surface area contributed by atoms with Crippen molar-refractivity contribution < 1.29 is 9.90 Å². The molecule has 3 aromatic rings. The zero-order chi connectivity index (χ0) is 15.8. The van der Waals surface area contributed by atoms with Crippen molar-refractivity contribution in [1.29, 1.82) is 0 Å². The number of amides is 1. The van der Waals surface area contributed by atoms with Crippen LogP contribution in [0.2, 0.25) is 0 Å². The van der Waals surface area contributed by atoms with Gasteiger partial charge in [-0.2, -0.15) is 0 Å². The summed E-state index contributed by atoms with van der Waals surface area (Å²) in [6.07, 6.45) is 2.62. The normalized spacial score (nSPS) is 14.3. The Morgan fingerprint density at radius 2 is 2.04 bits per heavy atom. The number of hydrogen-bond acceptors (Lipinski definition) is 3. The van der Waals surface area contributed by atoms with Crippen molar-refractivity contribution in [2.24, 2.45) is 0 Å². The van der Waals surface area contributed by atoms with E-state index in [4.69, 9.17) is 5.11 Å². The van der Waals surface area contributed by atoms with Crippen molar-refractivity contribution >= 4 is 16.9 Å². The summed E-state index contributed by atoms with van der Waals surface area (Å²) in [7, 11) is 0. The monoisotopic (exact) mass is 307 g/mol. The van der Waals surface area contributed by atoms with E-state index in [0.717, 1.165) is 34.3 Å². The second-order valence-electron chi connectivity index (χ2n) is 5.71. The number of aliphatic hydroxyl groups is 1. The van der Waals surface area contributed by atoms with Crippen molar-refractivity contribution in [1.82, 2.24) is 14.5 Å². The zero-order valence-corrected chi connectivity index (χ0v) is 12.6. The predicted octanol–water partition coefficient (Wildman–Crippen LogP) is 2.02. The first-order valence-corrected chi connectivity index (χ1v) is 7.73. The van der Waals surface area contributed by atoms with Crippen LogP contribution in [-0.4, -0.2) is 45.2 Å². The Morgan fingerprint density at radius 1 is 1.17 bits per heavy atom. The zero-order valence-electron chi connectivity index (χ0n) is 12.6. The maximum atomic E-state index is 12.4. The van der Waals surface area contributed by atoms with Gasteiger partial charge < -0.3 is 10.0 Å². The van der Waals surface area contributed by atoms with Crippen LogP contribution in [0.4, 0.5) is 0 Å². The van der Waals surface area contributed by atoms with Gasteiger partial charge in [0, 0.05) is 24.3 Å². The summed E-state index contributed by atoms with van der Waals surface area (Å²) < 4.78 is 2.04. The van der Waals surface area contributed by atoms with Crippen molar-refractivity contribution in [3.63, 3.8) is 0 Å². The number of hydrogen-bond donors (Lipinski definition) is 1. The fraction of sp³-hybridized carbons (Fsp3) is 0.222. The van der Waals surface area contributed by atoms with Crippen LogP contribution < -0.4 is 0 Å². The molecule has 1 aromatic heterocycles. The lowest BCUT2D eigenvalue weighted by molar-refractivity contribution is 0.0705. The standard InChI is InChI=1S/C18H17N3O2/c22-10-9-20-8-7-13-11-14(5-6-15(13)18(20)23)21-12-19-16-3-1-2-4-17(16)21/h1-6,11-12,22H,7-10H2. The fourth-order valence-electron chi connectivity index (χ4n) is 3.17. The molecular weight excluding hydrogens is 290 g/mol. The number of carbonyl (C=O) groups excluding carboxylic acids is 1. The lowest BCUT2D eigenvalue weighted by Crippen LogP contribution is -2.39. The predicted molar refractivity (Wildman–Crippen MR) is 87.8 cm³/mol. The molecule has 2 heterocycles. The van der Waals surface area contributed by atoms with Crippen LogP contribution in [-0.2, 0) is 6.42 Å². The molecule has 0 bridgehead atoms. The van der Waals surface area contributed by atoms with Crippen molar-refractivity contribution in [2.45, 2.75) is 6.42 Å². The quantitative estimate of drug-likeness (QED) is 0.805. The van der Waals surface area contributed by atoms with Crippen LogP contribution in [0, 0.1) is 0 Å². The molecule has 0 spiro atoms. The number of aliphatic hydroxyl groups excluding tert-OH is 1.